The van der Waals surface area contributed by atoms with Crippen LogP contribution in [-0.4, -0.2) is 30.2 Å². The number of aromatic nitrogens is 1. The van der Waals surface area contributed by atoms with Gasteiger partial charge >= 0.3 is 0 Å². The Hall–Kier alpha value is -1.35. The molecule has 1 saturated heterocycles. The molecule has 0 radical (unpaired) electrons. The predicted octanol–water partition coefficient (Wildman–Crippen LogP) is 2.95. The molecule has 90 valence electrons. The average Bonchev–Trinajstić information content (AvgIpc) is 2.72. The number of piperidine rings is 1. The predicted molar refractivity (Wildman–Crippen MR) is 68.2 cm³/mol. The van der Waals surface area contributed by atoms with Crippen molar-refractivity contribution in [2.45, 2.75) is 25.7 Å². The number of aryl methyl sites for hydroxylation is 1. The topological polar surface area (TPSA) is 29.3 Å². The molecule has 3 rings (SSSR count). The van der Waals surface area contributed by atoms with Crippen molar-refractivity contribution in [1.82, 2.24) is 10.1 Å². The molecule has 0 aliphatic carbocycles. The Balaban J connectivity index is 1.92. The first-order chi connectivity index (χ1) is 8.24. The molecule has 3 heteroatoms. The van der Waals surface area contributed by atoms with Crippen LogP contribution in [-0.2, 0) is 0 Å². The fourth-order valence-corrected chi connectivity index (χ4v) is 2.67. The third-order valence-electron chi connectivity index (χ3n) is 3.86. The lowest BCUT2D eigenvalue weighted by atomic mass is 9.89. The van der Waals surface area contributed by atoms with Crippen molar-refractivity contribution < 1.29 is 4.52 Å². The van der Waals surface area contributed by atoms with Crippen molar-refractivity contribution >= 4 is 11.0 Å². The summed E-state index contributed by atoms with van der Waals surface area (Å²) in [4.78, 5) is 2.40. The molecule has 0 N–H and O–H groups in total. The number of rotatable bonds is 1. The van der Waals surface area contributed by atoms with Crippen LogP contribution >= 0.6 is 0 Å². The fraction of sp³-hybridized carbons (Fsp3) is 0.500. The standard InChI is InChI=1S/C14H18N2O/c1-10-13-9-12(3-4-14(13)17-15-10)11-5-7-16(2)8-6-11/h3-4,9,11H,5-8H2,1-2H3. The lowest BCUT2D eigenvalue weighted by molar-refractivity contribution is 0.255. The molecule has 0 amide bonds. The second-order valence-electron chi connectivity index (χ2n) is 5.10. The third kappa shape index (κ3) is 1.95. The van der Waals surface area contributed by atoms with E-state index in [1.54, 1.807) is 0 Å². The van der Waals surface area contributed by atoms with Gasteiger partial charge in [0.2, 0.25) is 0 Å². The average molecular weight is 230 g/mol. The van der Waals surface area contributed by atoms with Crippen molar-refractivity contribution in [3.8, 4) is 0 Å². The van der Waals surface area contributed by atoms with Crippen LogP contribution in [0, 0.1) is 6.92 Å². The molecule has 0 saturated carbocycles. The molecule has 2 heterocycles. The van der Waals surface area contributed by atoms with Crippen molar-refractivity contribution in [1.29, 1.82) is 0 Å². The first kappa shape index (κ1) is 10.8. The van der Waals surface area contributed by atoms with Crippen molar-refractivity contribution in [2.75, 3.05) is 20.1 Å². The third-order valence-corrected chi connectivity index (χ3v) is 3.86. The van der Waals surface area contributed by atoms with Crippen LogP contribution < -0.4 is 0 Å². The van der Waals surface area contributed by atoms with Crippen LogP contribution in [0.4, 0.5) is 0 Å². The summed E-state index contributed by atoms with van der Waals surface area (Å²) in [5.74, 6) is 0.699. The van der Waals surface area contributed by atoms with Crippen LogP contribution in [0.15, 0.2) is 22.7 Å². The Morgan fingerprint density at radius 3 is 2.82 bits per heavy atom. The molecule has 1 aliphatic rings. The molecule has 0 spiro atoms. The highest BCUT2D eigenvalue weighted by Gasteiger charge is 2.19. The van der Waals surface area contributed by atoms with Gasteiger partial charge < -0.3 is 9.42 Å². The molecule has 1 aromatic heterocycles. The highest BCUT2D eigenvalue weighted by Crippen LogP contribution is 2.30. The van der Waals surface area contributed by atoms with Crippen molar-refractivity contribution in [3.05, 3.63) is 29.5 Å². The fourth-order valence-electron chi connectivity index (χ4n) is 2.67. The van der Waals surface area contributed by atoms with Crippen LogP contribution in [0.3, 0.4) is 0 Å². The van der Waals surface area contributed by atoms with Gasteiger partial charge in [0.15, 0.2) is 5.58 Å². The SMILES string of the molecule is Cc1noc2ccc(C3CCN(C)CC3)cc12. The maximum absolute atomic E-state index is 5.25. The van der Waals surface area contributed by atoms with E-state index in [-0.39, 0.29) is 0 Å². The molecule has 1 aliphatic heterocycles. The quantitative estimate of drug-likeness (QED) is 0.754. The van der Waals surface area contributed by atoms with Crippen LogP contribution in [0.5, 0.6) is 0 Å². The maximum atomic E-state index is 5.25. The van der Waals surface area contributed by atoms with Gasteiger partial charge in [0.1, 0.15) is 0 Å². The Labute approximate surface area is 101 Å². The van der Waals surface area contributed by atoms with Gasteiger partial charge in [-0.15, -0.1) is 0 Å². The summed E-state index contributed by atoms with van der Waals surface area (Å²) in [6, 6.07) is 6.52. The Morgan fingerprint density at radius 2 is 2.06 bits per heavy atom. The lowest BCUT2D eigenvalue weighted by Crippen LogP contribution is -2.29. The van der Waals surface area contributed by atoms with E-state index >= 15 is 0 Å². The van der Waals surface area contributed by atoms with Crippen LogP contribution in [0.2, 0.25) is 0 Å². The molecule has 0 atom stereocenters. The van der Waals surface area contributed by atoms with Gasteiger partial charge in [-0.05, 0) is 63.5 Å². The van der Waals surface area contributed by atoms with E-state index in [2.05, 4.69) is 35.3 Å². The molecular formula is C14H18N2O. The van der Waals surface area contributed by atoms with Gasteiger partial charge in [-0.1, -0.05) is 11.2 Å². The summed E-state index contributed by atoms with van der Waals surface area (Å²) in [7, 11) is 2.20. The highest BCUT2D eigenvalue weighted by atomic mass is 16.5. The number of hydrogen-bond acceptors (Lipinski definition) is 3. The second kappa shape index (κ2) is 4.15. The zero-order valence-corrected chi connectivity index (χ0v) is 10.4. The number of fused-ring (bicyclic) bond motifs is 1. The van der Waals surface area contributed by atoms with Gasteiger partial charge in [-0.25, -0.2) is 0 Å². The van der Waals surface area contributed by atoms with Gasteiger partial charge in [0, 0.05) is 5.39 Å². The van der Waals surface area contributed by atoms with Gasteiger partial charge in [-0.2, -0.15) is 0 Å². The molecule has 3 nitrogen and oxygen atoms in total. The minimum Gasteiger partial charge on any atom is -0.356 e. The summed E-state index contributed by atoms with van der Waals surface area (Å²) < 4.78 is 5.25. The molecule has 1 fully saturated rings. The monoisotopic (exact) mass is 230 g/mol. The first-order valence-electron chi connectivity index (χ1n) is 6.28. The zero-order chi connectivity index (χ0) is 11.8. The van der Waals surface area contributed by atoms with E-state index in [9.17, 15) is 0 Å². The molecule has 2 aromatic rings. The number of nitrogens with zero attached hydrogens (tertiary/aromatic N) is 2. The minimum atomic E-state index is 0.699. The smallest absolute Gasteiger partial charge is 0.167 e. The normalized spacial score (nSPS) is 18.9. The van der Waals surface area contributed by atoms with E-state index in [4.69, 9.17) is 4.52 Å². The lowest BCUT2D eigenvalue weighted by Gasteiger charge is -2.29. The Morgan fingerprint density at radius 1 is 1.29 bits per heavy atom. The molecule has 0 bridgehead atoms. The van der Waals surface area contributed by atoms with E-state index in [1.165, 1.54) is 36.9 Å². The highest BCUT2D eigenvalue weighted by molar-refractivity contribution is 5.80. The maximum Gasteiger partial charge on any atom is 0.167 e. The first-order valence-corrected chi connectivity index (χ1v) is 6.28. The minimum absolute atomic E-state index is 0.699. The van der Waals surface area contributed by atoms with E-state index in [1.807, 2.05) is 6.92 Å². The van der Waals surface area contributed by atoms with E-state index < -0.39 is 0 Å². The molecule has 0 unspecified atom stereocenters. The van der Waals surface area contributed by atoms with Crippen molar-refractivity contribution in [3.63, 3.8) is 0 Å². The summed E-state index contributed by atoms with van der Waals surface area (Å²) in [6.07, 6.45) is 2.51. The largest absolute Gasteiger partial charge is 0.356 e. The summed E-state index contributed by atoms with van der Waals surface area (Å²) >= 11 is 0. The number of hydrogen-bond donors (Lipinski definition) is 0. The molecular weight excluding hydrogens is 212 g/mol. The Kier molecular flexibility index (Phi) is 2.63. The number of benzene rings is 1. The van der Waals surface area contributed by atoms with Crippen LogP contribution in [0.1, 0.15) is 30.0 Å². The van der Waals surface area contributed by atoms with Crippen molar-refractivity contribution in [2.24, 2.45) is 0 Å². The molecule has 17 heavy (non-hydrogen) atoms. The van der Waals surface area contributed by atoms with Gasteiger partial charge in [-0.3, -0.25) is 0 Å². The summed E-state index contributed by atoms with van der Waals surface area (Å²) in [6.45, 7) is 4.40. The molecule has 1 aromatic carbocycles. The summed E-state index contributed by atoms with van der Waals surface area (Å²) in [5, 5.41) is 5.18. The summed E-state index contributed by atoms with van der Waals surface area (Å²) in [5.41, 5.74) is 3.34. The van der Waals surface area contributed by atoms with Crippen LogP contribution in [0.25, 0.3) is 11.0 Å². The second-order valence-corrected chi connectivity index (χ2v) is 5.10. The van der Waals surface area contributed by atoms with Gasteiger partial charge in [0.25, 0.3) is 0 Å². The Bertz CT molecular complexity index is 524. The van der Waals surface area contributed by atoms with E-state index in [0.29, 0.717) is 5.92 Å². The van der Waals surface area contributed by atoms with Gasteiger partial charge in [0.05, 0.1) is 5.69 Å². The number of likely N-dealkylation sites (tertiary alicyclic amines) is 1. The zero-order valence-electron chi connectivity index (χ0n) is 10.4. The van der Waals surface area contributed by atoms with E-state index in [0.717, 1.165) is 11.3 Å².